The van der Waals surface area contributed by atoms with Crippen molar-refractivity contribution < 1.29 is 9.84 Å². The zero-order valence-corrected chi connectivity index (χ0v) is 15.5. The van der Waals surface area contributed by atoms with E-state index in [4.69, 9.17) is 16.3 Å². The van der Waals surface area contributed by atoms with Gasteiger partial charge in [-0.1, -0.05) is 0 Å². The monoisotopic (exact) mass is 373 g/mol. The van der Waals surface area contributed by atoms with E-state index >= 15 is 0 Å². The predicted octanol–water partition coefficient (Wildman–Crippen LogP) is 3.30. The maximum atomic E-state index is 9.44. The maximum Gasteiger partial charge on any atom is 0.224 e. The van der Waals surface area contributed by atoms with Gasteiger partial charge in [-0.25, -0.2) is 9.97 Å². The number of nitrogens with zero attached hydrogens (tertiary/aromatic N) is 3. The van der Waals surface area contributed by atoms with Gasteiger partial charge in [0.1, 0.15) is 17.3 Å². The number of aryl methyl sites for hydroxylation is 1. The molecular formula is C18H20ClN5O2. The Balaban J connectivity index is 2.02. The van der Waals surface area contributed by atoms with Crippen LogP contribution in [0, 0.1) is 6.92 Å². The normalized spacial score (nSPS) is 12.0. The van der Waals surface area contributed by atoms with Crippen LogP contribution in [0.25, 0.3) is 22.5 Å². The van der Waals surface area contributed by atoms with Gasteiger partial charge in [0.25, 0.3) is 0 Å². The van der Waals surface area contributed by atoms with Crippen molar-refractivity contribution in [1.82, 2.24) is 20.2 Å². The van der Waals surface area contributed by atoms with E-state index in [2.05, 4.69) is 25.5 Å². The molecule has 1 aromatic carbocycles. The average molecular weight is 374 g/mol. The number of H-pyrrole nitrogens is 1. The Labute approximate surface area is 156 Å². The van der Waals surface area contributed by atoms with Crippen LogP contribution in [0.4, 0.5) is 5.82 Å². The summed E-state index contributed by atoms with van der Waals surface area (Å²) in [6, 6.07) is 7.67. The number of methoxy groups -OCH3 is 1. The fraction of sp³-hybridized carbons (Fsp3) is 0.278. The minimum Gasteiger partial charge on any atom is -0.497 e. The van der Waals surface area contributed by atoms with Crippen LogP contribution in [-0.2, 0) is 0 Å². The summed E-state index contributed by atoms with van der Waals surface area (Å²) in [5.74, 6) is 1.30. The number of aliphatic hydroxyl groups excluding tert-OH is 1. The molecule has 0 spiro atoms. The number of aromatic amines is 1. The number of hydrogen-bond donors (Lipinski definition) is 3. The van der Waals surface area contributed by atoms with Crippen molar-refractivity contribution in [1.29, 1.82) is 0 Å². The molecule has 3 aromatic rings. The lowest BCUT2D eigenvalue weighted by Crippen LogP contribution is -2.16. The number of benzene rings is 1. The SMILES string of the molecule is COc1cc(C)cc(-c2n[nH]cc2-c2cc(NC[C@H](C)O)nc(Cl)n2)c1. The van der Waals surface area contributed by atoms with Crippen molar-refractivity contribution in [2.24, 2.45) is 0 Å². The molecule has 2 heterocycles. The molecule has 0 fully saturated rings. The third kappa shape index (κ3) is 4.12. The second-order valence-electron chi connectivity index (χ2n) is 6.02. The molecule has 3 rings (SSSR count). The summed E-state index contributed by atoms with van der Waals surface area (Å²) >= 11 is 6.08. The first-order chi connectivity index (χ1) is 12.5. The standard InChI is InChI=1S/C18H20ClN5O2/c1-10-4-12(6-13(5-10)26-3)17-14(9-21-24-17)15-7-16(20-8-11(2)25)23-18(19)22-15/h4-7,9,11,25H,8H2,1-3H3,(H,21,24)(H,20,22,23)/t11-/m0/s1. The van der Waals surface area contributed by atoms with E-state index in [0.717, 1.165) is 28.1 Å². The van der Waals surface area contributed by atoms with Crippen molar-refractivity contribution in [2.75, 3.05) is 19.0 Å². The fourth-order valence-corrected chi connectivity index (χ4v) is 2.79. The van der Waals surface area contributed by atoms with Gasteiger partial charge in [0.2, 0.25) is 5.28 Å². The Morgan fingerprint density at radius 1 is 1.27 bits per heavy atom. The summed E-state index contributed by atoms with van der Waals surface area (Å²) in [4.78, 5) is 8.46. The van der Waals surface area contributed by atoms with Crippen LogP contribution in [-0.4, -0.2) is 45.0 Å². The molecule has 0 aliphatic carbocycles. The lowest BCUT2D eigenvalue weighted by atomic mass is 10.0. The van der Waals surface area contributed by atoms with Crippen molar-refractivity contribution in [2.45, 2.75) is 20.0 Å². The zero-order valence-electron chi connectivity index (χ0n) is 14.7. The van der Waals surface area contributed by atoms with E-state index < -0.39 is 6.10 Å². The Morgan fingerprint density at radius 2 is 2.08 bits per heavy atom. The zero-order chi connectivity index (χ0) is 18.7. The molecule has 136 valence electrons. The molecule has 7 nitrogen and oxygen atoms in total. The van der Waals surface area contributed by atoms with Crippen LogP contribution in [0.2, 0.25) is 5.28 Å². The summed E-state index contributed by atoms with van der Waals surface area (Å²) < 4.78 is 5.35. The van der Waals surface area contributed by atoms with E-state index in [9.17, 15) is 5.11 Å². The van der Waals surface area contributed by atoms with Crippen LogP contribution >= 0.6 is 11.6 Å². The fourth-order valence-electron chi connectivity index (χ4n) is 2.61. The van der Waals surface area contributed by atoms with Gasteiger partial charge in [0.05, 0.1) is 18.9 Å². The lowest BCUT2D eigenvalue weighted by Gasteiger charge is -2.10. The first-order valence-corrected chi connectivity index (χ1v) is 8.51. The van der Waals surface area contributed by atoms with Gasteiger partial charge >= 0.3 is 0 Å². The quantitative estimate of drug-likeness (QED) is 0.574. The van der Waals surface area contributed by atoms with Crippen LogP contribution in [0.3, 0.4) is 0 Å². The number of halogens is 1. The number of aromatic nitrogens is 4. The van der Waals surface area contributed by atoms with E-state index in [0.29, 0.717) is 18.1 Å². The number of aliphatic hydroxyl groups is 1. The van der Waals surface area contributed by atoms with Crippen LogP contribution in [0.5, 0.6) is 5.75 Å². The third-order valence-corrected chi connectivity index (χ3v) is 3.92. The minimum atomic E-state index is -0.503. The molecule has 0 saturated heterocycles. The van der Waals surface area contributed by atoms with Gasteiger partial charge in [0, 0.05) is 29.9 Å². The molecule has 0 aliphatic heterocycles. The predicted molar refractivity (Wildman–Crippen MR) is 102 cm³/mol. The summed E-state index contributed by atoms with van der Waals surface area (Å²) in [5, 5.41) is 19.8. The Hall–Kier alpha value is -2.64. The van der Waals surface area contributed by atoms with Crippen molar-refractivity contribution in [3.8, 4) is 28.3 Å². The highest BCUT2D eigenvalue weighted by Crippen LogP contribution is 2.33. The highest BCUT2D eigenvalue weighted by Gasteiger charge is 2.15. The molecule has 0 bridgehead atoms. The summed E-state index contributed by atoms with van der Waals surface area (Å²) in [7, 11) is 1.63. The molecule has 0 radical (unpaired) electrons. The van der Waals surface area contributed by atoms with Crippen molar-refractivity contribution in [3.05, 3.63) is 41.3 Å². The van der Waals surface area contributed by atoms with Crippen molar-refractivity contribution >= 4 is 17.4 Å². The molecule has 0 aliphatic rings. The van der Waals surface area contributed by atoms with Crippen LogP contribution in [0.15, 0.2) is 30.5 Å². The Morgan fingerprint density at radius 3 is 2.81 bits per heavy atom. The van der Waals surface area contributed by atoms with E-state index in [1.807, 2.05) is 25.1 Å². The maximum absolute atomic E-state index is 9.44. The first-order valence-electron chi connectivity index (χ1n) is 8.13. The number of rotatable bonds is 6. The molecule has 0 amide bonds. The molecule has 26 heavy (non-hydrogen) atoms. The molecule has 0 saturated carbocycles. The third-order valence-electron chi connectivity index (χ3n) is 3.75. The topological polar surface area (TPSA) is 96.0 Å². The first kappa shape index (κ1) is 18.2. The van der Waals surface area contributed by atoms with Gasteiger partial charge < -0.3 is 15.2 Å². The summed E-state index contributed by atoms with van der Waals surface area (Å²) in [6.07, 6.45) is 1.26. The highest BCUT2D eigenvalue weighted by atomic mass is 35.5. The molecular weight excluding hydrogens is 354 g/mol. The summed E-state index contributed by atoms with van der Waals surface area (Å²) in [6.45, 7) is 4.05. The van der Waals surface area contributed by atoms with Crippen LogP contribution < -0.4 is 10.1 Å². The van der Waals surface area contributed by atoms with E-state index in [1.165, 1.54) is 0 Å². The van der Waals surface area contributed by atoms with E-state index in [-0.39, 0.29) is 5.28 Å². The van der Waals surface area contributed by atoms with Gasteiger partial charge in [-0.3, -0.25) is 5.10 Å². The Kier molecular flexibility index (Phi) is 5.39. The second kappa shape index (κ2) is 7.72. The van der Waals surface area contributed by atoms with Gasteiger partial charge in [-0.05, 0) is 49.2 Å². The molecule has 8 heteroatoms. The molecule has 0 unspecified atom stereocenters. The number of nitrogens with one attached hydrogen (secondary N) is 2. The molecule has 3 N–H and O–H groups in total. The van der Waals surface area contributed by atoms with Crippen LogP contribution in [0.1, 0.15) is 12.5 Å². The minimum absolute atomic E-state index is 0.115. The Bertz CT molecular complexity index is 910. The van der Waals surface area contributed by atoms with Gasteiger partial charge in [-0.15, -0.1) is 0 Å². The number of hydrogen-bond acceptors (Lipinski definition) is 6. The smallest absolute Gasteiger partial charge is 0.224 e. The number of anilines is 1. The van der Waals surface area contributed by atoms with Crippen molar-refractivity contribution in [3.63, 3.8) is 0 Å². The van der Waals surface area contributed by atoms with Gasteiger partial charge in [-0.2, -0.15) is 5.10 Å². The average Bonchev–Trinajstić information content (AvgIpc) is 3.08. The number of ether oxygens (including phenoxy) is 1. The lowest BCUT2D eigenvalue weighted by molar-refractivity contribution is 0.208. The largest absolute Gasteiger partial charge is 0.497 e. The van der Waals surface area contributed by atoms with E-state index in [1.54, 1.807) is 26.3 Å². The molecule has 2 aromatic heterocycles. The molecule has 1 atom stereocenters. The second-order valence-corrected chi connectivity index (χ2v) is 6.36. The summed E-state index contributed by atoms with van der Waals surface area (Å²) in [5.41, 5.74) is 4.13. The van der Waals surface area contributed by atoms with Gasteiger partial charge in [0.15, 0.2) is 0 Å². The highest BCUT2D eigenvalue weighted by molar-refractivity contribution is 6.28.